The van der Waals surface area contributed by atoms with E-state index in [0.29, 0.717) is 5.56 Å². The van der Waals surface area contributed by atoms with Crippen molar-refractivity contribution in [3.8, 4) is 0 Å². The molecule has 0 radical (unpaired) electrons. The number of hydrogen-bond donors (Lipinski definition) is 2. The first-order valence-electron chi connectivity index (χ1n) is 6.34. The summed E-state index contributed by atoms with van der Waals surface area (Å²) in [4.78, 5) is 21.5. The third-order valence-electron chi connectivity index (χ3n) is 2.91. The number of benzene rings is 2. The molecule has 0 saturated heterocycles. The number of rotatable bonds is 6. The summed E-state index contributed by atoms with van der Waals surface area (Å²) >= 11 is 0. The topological polar surface area (TPSA) is 118 Å². The zero-order chi connectivity index (χ0) is 17.0. The third-order valence-corrected chi connectivity index (χ3v) is 4.15. The SMILES string of the molecule is O=C(O)c1cc(C(=O)O)cc(S(=O)(=O)OCc2ccccc2)c1. The van der Waals surface area contributed by atoms with Crippen molar-refractivity contribution < 1.29 is 32.4 Å². The van der Waals surface area contributed by atoms with Gasteiger partial charge in [-0.1, -0.05) is 30.3 Å². The zero-order valence-corrected chi connectivity index (χ0v) is 12.5. The van der Waals surface area contributed by atoms with Gasteiger partial charge < -0.3 is 10.2 Å². The smallest absolute Gasteiger partial charge is 0.335 e. The molecule has 0 aromatic heterocycles. The molecular weight excluding hydrogens is 324 g/mol. The molecule has 2 aromatic rings. The van der Waals surface area contributed by atoms with Crippen molar-refractivity contribution in [3.63, 3.8) is 0 Å². The molecule has 0 aliphatic rings. The Morgan fingerprint density at radius 2 is 1.43 bits per heavy atom. The average molecular weight is 336 g/mol. The van der Waals surface area contributed by atoms with Crippen LogP contribution in [0.5, 0.6) is 0 Å². The van der Waals surface area contributed by atoms with Gasteiger partial charge in [-0.15, -0.1) is 0 Å². The molecule has 0 heterocycles. The predicted molar refractivity (Wildman–Crippen MR) is 78.8 cm³/mol. The van der Waals surface area contributed by atoms with Gasteiger partial charge in [-0.2, -0.15) is 8.42 Å². The maximum Gasteiger partial charge on any atom is 0.335 e. The van der Waals surface area contributed by atoms with Crippen molar-refractivity contribution >= 4 is 22.1 Å². The molecule has 0 bridgehead atoms. The normalized spacial score (nSPS) is 11.1. The van der Waals surface area contributed by atoms with Crippen LogP contribution in [0.3, 0.4) is 0 Å². The number of carboxylic acid groups (broad SMARTS) is 2. The van der Waals surface area contributed by atoms with Gasteiger partial charge in [0.05, 0.1) is 22.6 Å². The molecule has 23 heavy (non-hydrogen) atoms. The first kappa shape index (κ1) is 16.7. The lowest BCUT2D eigenvalue weighted by atomic mass is 10.1. The Hall–Kier alpha value is -2.71. The van der Waals surface area contributed by atoms with Gasteiger partial charge in [0.15, 0.2) is 0 Å². The molecule has 2 rings (SSSR count). The maximum absolute atomic E-state index is 12.1. The minimum atomic E-state index is -4.30. The number of aromatic carboxylic acids is 2. The minimum absolute atomic E-state index is 0.247. The van der Waals surface area contributed by atoms with E-state index in [2.05, 4.69) is 0 Å². The highest BCUT2D eigenvalue weighted by Gasteiger charge is 2.21. The molecule has 2 aromatic carbocycles. The van der Waals surface area contributed by atoms with Crippen molar-refractivity contribution in [3.05, 3.63) is 65.2 Å². The number of carboxylic acids is 2. The van der Waals surface area contributed by atoms with Gasteiger partial charge >= 0.3 is 11.9 Å². The van der Waals surface area contributed by atoms with Crippen LogP contribution in [0.25, 0.3) is 0 Å². The van der Waals surface area contributed by atoms with Crippen molar-refractivity contribution in [2.75, 3.05) is 0 Å². The predicted octanol–water partition coefficient (Wildman–Crippen LogP) is 1.99. The van der Waals surface area contributed by atoms with Crippen LogP contribution < -0.4 is 0 Å². The standard InChI is InChI=1S/C15H12O7S/c16-14(17)11-6-12(15(18)19)8-13(7-11)23(20,21)22-9-10-4-2-1-3-5-10/h1-8H,9H2,(H,16,17)(H,18,19). The van der Waals surface area contributed by atoms with Crippen LogP contribution in [0.1, 0.15) is 26.3 Å². The molecule has 0 fully saturated rings. The van der Waals surface area contributed by atoms with Crippen molar-refractivity contribution in [1.29, 1.82) is 0 Å². The summed E-state index contributed by atoms with van der Waals surface area (Å²) in [5.41, 5.74) is -0.303. The van der Waals surface area contributed by atoms with E-state index < -0.39 is 38.1 Å². The molecule has 2 N–H and O–H groups in total. The lowest BCUT2D eigenvalue weighted by Gasteiger charge is -2.08. The largest absolute Gasteiger partial charge is 0.478 e. The quantitative estimate of drug-likeness (QED) is 0.774. The summed E-state index contributed by atoms with van der Waals surface area (Å²) in [6, 6.07) is 11.1. The zero-order valence-electron chi connectivity index (χ0n) is 11.7. The van der Waals surface area contributed by atoms with E-state index >= 15 is 0 Å². The Bertz CT molecular complexity index is 809. The van der Waals surface area contributed by atoms with E-state index in [1.807, 2.05) is 0 Å². The molecule has 0 atom stereocenters. The summed E-state index contributed by atoms with van der Waals surface area (Å²) < 4.78 is 29.2. The summed E-state index contributed by atoms with van der Waals surface area (Å²) in [6.45, 7) is -0.247. The molecule has 0 aliphatic carbocycles. The van der Waals surface area contributed by atoms with Gasteiger partial charge in [-0.05, 0) is 23.8 Å². The number of carbonyl (C=O) groups is 2. The van der Waals surface area contributed by atoms with E-state index in [1.165, 1.54) is 0 Å². The number of hydrogen-bond acceptors (Lipinski definition) is 5. The molecular formula is C15H12O7S. The molecule has 0 aliphatic heterocycles. The summed E-state index contributed by atoms with van der Waals surface area (Å²) in [7, 11) is -4.30. The summed E-state index contributed by atoms with van der Waals surface area (Å²) in [6.07, 6.45) is 0. The van der Waals surface area contributed by atoms with E-state index in [-0.39, 0.29) is 6.61 Å². The second-order valence-electron chi connectivity index (χ2n) is 4.56. The second-order valence-corrected chi connectivity index (χ2v) is 6.17. The lowest BCUT2D eigenvalue weighted by Crippen LogP contribution is -2.10. The first-order chi connectivity index (χ1) is 10.8. The van der Waals surface area contributed by atoms with E-state index in [0.717, 1.165) is 18.2 Å². The highest BCUT2D eigenvalue weighted by atomic mass is 32.2. The van der Waals surface area contributed by atoms with Gasteiger partial charge in [-0.25, -0.2) is 9.59 Å². The Balaban J connectivity index is 2.35. The van der Waals surface area contributed by atoms with Gasteiger partial charge in [-0.3, -0.25) is 4.18 Å². The molecule has 0 unspecified atom stereocenters. The fourth-order valence-electron chi connectivity index (χ4n) is 1.78. The fourth-order valence-corrected chi connectivity index (χ4v) is 2.75. The molecule has 0 spiro atoms. The summed E-state index contributed by atoms with van der Waals surface area (Å²) in [5.74, 6) is -2.87. The Morgan fingerprint density at radius 1 is 0.913 bits per heavy atom. The van der Waals surface area contributed by atoms with Gasteiger partial charge in [0, 0.05) is 0 Å². The van der Waals surface area contributed by atoms with E-state index in [1.54, 1.807) is 30.3 Å². The van der Waals surface area contributed by atoms with Gasteiger partial charge in [0.25, 0.3) is 10.1 Å². The van der Waals surface area contributed by atoms with Crippen molar-refractivity contribution in [2.45, 2.75) is 11.5 Å². The van der Waals surface area contributed by atoms with E-state index in [4.69, 9.17) is 14.4 Å². The summed E-state index contributed by atoms with van der Waals surface area (Å²) in [5, 5.41) is 17.9. The minimum Gasteiger partial charge on any atom is -0.478 e. The second kappa shape index (κ2) is 6.59. The third kappa shape index (κ3) is 4.15. The Morgan fingerprint density at radius 3 is 1.91 bits per heavy atom. The van der Waals surface area contributed by atoms with Crippen LogP contribution >= 0.6 is 0 Å². The van der Waals surface area contributed by atoms with Crippen molar-refractivity contribution in [1.82, 2.24) is 0 Å². The van der Waals surface area contributed by atoms with Crippen LogP contribution in [-0.4, -0.2) is 30.6 Å². The van der Waals surface area contributed by atoms with Crippen LogP contribution in [0.15, 0.2) is 53.4 Å². The average Bonchev–Trinajstić information content (AvgIpc) is 2.53. The van der Waals surface area contributed by atoms with Crippen LogP contribution in [0.2, 0.25) is 0 Å². The highest BCUT2D eigenvalue weighted by Crippen LogP contribution is 2.19. The van der Waals surface area contributed by atoms with E-state index in [9.17, 15) is 18.0 Å². The molecule has 7 nitrogen and oxygen atoms in total. The Kier molecular flexibility index (Phi) is 4.77. The molecule has 120 valence electrons. The highest BCUT2D eigenvalue weighted by molar-refractivity contribution is 7.86. The first-order valence-corrected chi connectivity index (χ1v) is 7.75. The maximum atomic E-state index is 12.1. The Labute approximate surface area is 131 Å². The molecule has 0 amide bonds. The van der Waals surface area contributed by atoms with Gasteiger partial charge in [0.1, 0.15) is 0 Å². The lowest BCUT2D eigenvalue weighted by molar-refractivity contribution is 0.0696. The van der Waals surface area contributed by atoms with Crippen LogP contribution in [0.4, 0.5) is 0 Å². The fraction of sp³-hybridized carbons (Fsp3) is 0.0667. The van der Waals surface area contributed by atoms with Crippen LogP contribution in [-0.2, 0) is 20.9 Å². The van der Waals surface area contributed by atoms with Crippen LogP contribution in [0, 0.1) is 0 Å². The molecule has 8 heteroatoms. The monoisotopic (exact) mass is 336 g/mol. The van der Waals surface area contributed by atoms with Gasteiger partial charge in [0.2, 0.25) is 0 Å². The molecule has 0 saturated carbocycles. The van der Waals surface area contributed by atoms with Crippen molar-refractivity contribution in [2.24, 2.45) is 0 Å².